The van der Waals surface area contributed by atoms with Gasteiger partial charge in [-0.05, 0) is 11.6 Å². The Labute approximate surface area is 134 Å². The predicted molar refractivity (Wildman–Crippen MR) is 87.7 cm³/mol. The van der Waals surface area contributed by atoms with Gasteiger partial charge in [-0.15, -0.1) is 0 Å². The maximum Gasteiger partial charge on any atom is 0.528 e. The zero-order chi connectivity index (χ0) is 16.0. The minimum absolute atomic E-state index is 0.561. The first kappa shape index (κ1) is 16.8. The average Bonchev–Trinajstić information content (AvgIpc) is 2.57. The maximum absolute atomic E-state index is 12.1. The van der Waals surface area contributed by atoms with Gasteiger partial charge in [-0.25, -0.2) is 4.57 Å². The molecule has 0 saturated heterocycles. The molecule has 0 aliphatic rings. The van der Waals surface area contributed by atoms with Crippen molar-refractivity contribution in [3.8, 4) is 0 Å². The molecule has 2 aromatic rings. The molecule has 2 aromatic carbocycles. The molecule has 0 saturated carbocycles. The van der Waals surface area contributed by atoms with Crippen LogP contribution in [0.3, 0.4) is 0 Å². The summed E-state index contributed by atoms with van der Waals surface area (Å²) in [6.07, 6.45) is 1.35. The summed E-state index contributed by atoms with van der Waals surface area (Å²) in [5.41, 5.74) is 2.31. The van der Waals surface area contributed by atoms with Crippen LogP contribution in [0.15, 0.2) is 60.9 Å². The van der Waals surface area contributed by atoms with Crippen molar-refractivity contribution < 1.29 is 18.1 Å². The standard InChI is InChI=1S/C16H16ClO4P/c1-19-22(18,20-2)21-12-15(13-8-4-3-5-9-13)14-10-6-7-11-16(14)17/h3-12H,1-2H3/b15-12+. The topological polar surface area (TPSA) is 44.8 Å². The Morgan fingerprint density at radius 2 is 1.59 bits per heavy atom. The van der Waals surface area contributed by atoms with Gasteiger partial charge < -0.3 is 4.52 Å². The molecule has 0 amide bonds. The summed E-state index contributed by atoms with van der Waals surface area (Å²) in [6.45, 7) is 0. The molecule has 0 fully saturated rings. The Morgan fingerprint density at radius 3 is 2.18 bits per heavy atom. The summed E-state index contributed by atoms with van der Waals surface area (Å²) in [4.78, 5) is 0. The highest BCUT2D eigenvalue weighted by atomic mass is 35.5. The minimum Gasteiger partial charge on any atom is -0.411 e. The summed E-state index contributed by atoms with van der Waals surface area (Å²) < 4.78 is 26.8. The fraction of sp³-hybridized carbons (Fsp3) is 0.125. The quantitative estimate of drug-likeness (QED) is 0.540. The van der Waals surface area contributed by atoms with Gasteiger partial charge >= 0.3 is 7.82 Å². The molecular weight excluding hydrogens is 323 g/mol. The largest absolute Gasteiger partial charge is 0.528 e. The van der Waals surface area contributed by atoms with Crippen LogP contribution < -0.4 is 0 Å². The lowest BCUT2D eigenvalue weighted by Crippen LogP contribution is -1.94. The molecule has 0 spiro atoms. The van der Waals surface area contributed by atoms with E-state index in [0.29, 0.717) is 10.6 Å². The lowest BCUT2D eigenvalue weighted by atomic mass is 9.99. The second-order valence-electron chi connectivity index (χ2n) is 4.30. The predicted octanol–water partition coefficient (Wildman–Crippen LogP) is 5.15. The van der Waals surface area contributed by atoms with Crippen LogP contribution in [0, 0.1) is 0 Å². The van der Waals surface area contributed by atoms with Crippen LogP contribution in [-0.2, 0) is 18.1 Å². The van der Waals surface area contributed by atoms with Crippen molar-refractivity contribution >= 4 is 25.0 Å². The van der Waals surface area contributed by atoms with E-state index in [4.69, 9.17) is 25.2 Å². The minimum atomic E-state index is -3.61. The van der Waals surface area contributed by atoms with E-state index in [0.717, 1.165) is 11.1 Å². The molecule has 6 heteroatoms. The van der Waals surface area contributed by atoms with Crippen LogP contribution in [-0.4, -0.2) is 14.2 Å². The van der Waals surface area contributed by atoms with Gasteiger partial charge in [0.1, 0.15) is 6.26 Å². The van der Waals surface area contributed by atoms with Gasteiger partial charge in [-0.2, -0.15) is 0 Å². The molecule has 0 bridgehead atoms. The third-order valence-corrected chi connectivity index (χ3v) is 4.58. The zero-order valence-corrected chi connectivity index (χ0v) is 13.9. The number of halogens is 1. The number of phosphoric acid groups is 1. The molecule has 0 aromatic heterocycles. The van der Waals surface area contributed by atoms with Gasteiger partial charge in [0, 0.05) is 30.4 Å². The van der Waals surface area contributed by atoms with E-state index in [2.05, 4.69) is 0 Å². The van der Waals surface area contributed by atoms with E-state index in [1.807, 2.05) is 48.5 Å². The second kappa shape index (κ2) is 7.61. The summed E-state index contributed by atoms with van der Waals surface area (Å²) in [6, 6.07) is 16.8. The average molecular weight is 339 g/mol. The summed E-state index contributed by atoms with van der Waals surface area (Å²) in [7, 11) is -1.09. The van der Waals surface area contributed by atoms with Crippen molar-refractivity contribution in [3.05, 3.63) is 77.0 Å². The molecule has 0 unspecified atom stereocenters. The van der Waals surface area contributed by atoms with Crippen molar-refractivity contribution in [2.75, 3.05) is 14.2 Å². The molecule has 4 nitrogen and oxygen atoms in total. The van der Waals surface area contributed by atoms with E-state index >= 15 is 0 Å². The molecule has 2 rings (SSSR count). The first-order valence-corrected chi connectivity index (χ1v) is 8.34. The molecule has 116 valence electrons. The van der Waals surface area contributed by atoms with E-state index in [1.165, 1.54) is 20.5 Å². The van der Waals surface area contributed by atoms with E-state index < -0.39 is 7.82 Å². The molecule has 0 atom stereocenters. The number of hydrogen-bond donors (Lipinski definition) is 0. The summed E-state index contributed by atoms with van der Waals surface area (Å²) in [5.74, 6) is 0. The molecular formula is C16H16ClO4P. The lowest BCUT2D eigenvalue weighted by Gasteiger charge is -2.14. The smallest absolute Gasteiger partial charge is 0.411 e. The molecule has 22 heavy (non-hydrogen) atoms. The second-order valence-corrected chi connectivity index (χ2v) is 6.54. The van der Waals surface area contributed by atoms with Gasteiger partial charge in [-0.3, -0.25) is 9.05 Å². The number of rotatable bonds is 6. The lowest BCUT2D eigenvalue weighted by molar-refractivity contribution is 0.194. The highest BCUT2D eigenvalue weighted by molar-refractivity contribution is 7.48. The molecule has 0 radical (unpaired) electrons. The van der Waals surface area contributed by atoms with Crippen LogP contribution in [0.5, 0.6) is 0 Å². The van der Waals surface area contributed by atoms with Crippen LogP contribution in [0.2, 0.25) is 5.02 Å². The summed E-state index contributed by atoms with van der Waals surface area (Å²) >= 11 is 6.26. The van der Waals surface area contributed by atoms with Crippen molar-refractivity contribution in [2.24, 2.45) is 0 Å². The van der Waals surface area contributed by atoms with Crippen molar-refractivity contribution in [1.29, 1.82) is 0 Å². The Morgan fingerprint density at radius 1 is 1.00 bits per heavy atom. The van der Waals surface area contributed by atoms with Gasteiger partial charge in [0.2, 0.25) is 0 Å². The van der Waals surface area contributed by atoms with Crippen molar-refractivity contribution in [2.45, 2.75) is 0 Å². The zero-order valence-electron chi connectivity index (χ0n) is 12.2. The van der Waals surface area contributed by atoms with Crippen molar-refractivity contribution in [1.82, 2.24) is 0 Å². The Hall–Kier alpha value is -1.58. The van der Waals surface area contributed by atoms with Gasteiger partial charge in [-0.1, -0.05) is 60.1 Å². The van der Waals surface area contributed by atoms with Gasteiger partial charge in [0.25, 0.3) is 0 Å². The van der Waals surface area contributed by atoms with Crippen LogP contribution in [0.1, 0.15) is 11.1 Å². The first-order chi connectivity index (χ1) is 10.6. The van der Waals surface area contributed by atoms with E-state index in [9.17, 15) is 4.57 Å². The first-order valence-electron chi connectivity index (χ1n) is 6.50. The normalized spacial score (nSPS) is 12.2. The van der Waals surface area contributed by atoms with E-state index in [1.54, 1.807) is 6.07 Å². The number of phosphoric ester groups is 1. The molecule has 0 aliphatic carbocycles. The maximum atomic E-state index is 12.1. The highest BCUT2D eigenvalue weighted by Crippen LogP contribution is 2.48. The third kappa shape index (κ3) is 3.99. The van der Waals surface area contributed by atoms with Crippen LogP contribution in [0.4, 0.5) is 0 Å². The van der Waals surface area contributed by atoms with Crippen LogP contribution in [0.25, 0.3) is 5.57 Å². The molecule has 0 N–H and O–H groups in total. The Bertz CT molecular complexity index is 692. The third-order valence-electron chi connectivity index (χ3n) is 3.00. The van der Waals surface area contributed by atoms with Crippen LogP contribution >= 0.6 is 19.4 Å². The highest BCUT2D eigenvalue weighted by Gasteiger charge is 2.23. The Balaban J connectivity index is 2.48. The SMILES string of the molecule is COP(=O)(OC)O/C=C(\c1ccccc1)c1ccccc1Cl. The number of hydrogen-bond acceptors (Lipinski definition) is 4. The fourth-order valence-corrected chi connectivity index (χ4v) is 2.66. The van der Waals surface area contributed by atoms with Gasteiger partial charge in [0.05, 0.1) is 0 Å². The molecule has 0 heterocycles. The fourth-order valence-electron chi connectivity index (χ4n) is 1.86. The number of benzene rings is 2. The molecule has 0 aliphatic heterocycles. The Kier molecular flexibility index (Phi) is 5.81. The summed E-state index contributed by atoms with van der Waals surface area (Å²) in [5, 5.41) is 0.561. The van der Waals surface area contributed by atoms with Crippen molar-refractivity contribution in [3.63, 3.8) is 0 Å². The van der Waals surface area contributed by atoms with Gasteiger partial charge in [0.15, 0.2) is 0 Å². The monoisotopic (exact) mass is 338 g/mol. The van der Waals surface area contributed by atoms with E-state index in [-0.39, 0.29) is 0 Å².